The highest BCUT2D eigenvalue weighted by Gasteiger charge is 2.07. The molecule has 2 N–H and O–H groups in total. The first-order valence-corrected chi connectivity index (χ1v) is 8.52. The van der Waals surface area contributed by atoms with Gasteiger partial charge in [-0.25, -0.2) is 4.99 Å². The van der Waals surface area contributed by atoms with Crippen LogP contribution in [0, 0.1) is 25.3 Å². The molecular weight excluding hydrogens is 320 g/mol. The summed E-state index contributed by atoms with van der Waals surface area (Å²) in [4.78, 5) is 16.6. The summed E-state index contributed by atoms with van der Waals surface area (Å²) in [7, 11) is 0. The second-order valence-corrected chi connectivity index (χ2v) is 6.03. The summed E-state index contributed by atoms with van der Waals surface area (Å²) in [6.07, 6.45) is 3.67. The van der Waals surface area contributed by atoms with Crippen LogP contribution in [-0.4, -0.2) is 17.3 Å². The number of nitrogens with one attached hydrogen (secondary N) is 2. The minimum absolute atomic E-state index is 0.171. The molecule has 24 heavy (non-hydrogen) atoms. The van der Waals surface area contributed by atoms with Crippen LogP contribution in [0.5, 0.6) is 0 Å². The minimum atomic E-state index is -0.171. The number of amidine groups is 1. The summed E-state index contributed by atoms with van der Waals surface area (Å²) in [5.41, 5.74) is 4.20. The smallest absolute Gasteiger partial charge is 0.255 e. The molecule has 1 amide bonds. The van der Waals surface area contributed by atoms with Gasteiger partial charge in [0, 0.05) is 11.3 Å². The van der Waals surface area contributed by atoms with E-state index < -0.39 is 0 Å². The van der Waals surface area contributed by atoms with Gasteiger partial charge in [0.05, 0.1) is 5.69 Å². The molecular formula is C18H18N4OS. The molecule has 0 aliphatic carbocycles. The normalized spacial score (nSPS) is 10.8. The summed E-state index contributed by atoms with van der Waals surface area (Å²) < 4.78 is 0. The monoisotopic (exact) mass is 338 g/mol. The number of benzene rings is 2. The van der Waals surface area contributed by atoms with Crippen molar-refractivity contribution in [3.63, 3.8) is 0 Å². The van der Waals surface area contributed by atoms with Gasteiger partial charge in [-0.15, -0.1) is 0 Å². The number of hydrogen-bond acceptors (Lipinski definition) is 4. The maximum absolute atomic E-state index is 12.3. The molecule has 0 heterocycles. The highest BCUT2D eigenvalue weighted by Crippen LogP contribution is 2.18. The maximum atomic E-state index is 12.3. The van der Waals surface area contributed by atoms with E-state index in [-0.39, 0.29) is 5.91 Å². The summed E-state index contributed by atoms with van der Waals surface area (Å²) in [5, 5.41) is 14.5. The number of amides is 1. The van der Waals surface area contributed by atoms with Gasteiger partial charge in [0.15, 0.2) is 11.4 Å². The van der Waals surface area contributed by atoms with Gasteiger partial charge in [-0.05, 0) is 67.6 Å². The Labute approximate surface area is 145 Å². The van der Waals surface area contributed by atoms with Crippen molar-refractivity contribution in [3.8, 4) is 6.19 Å². The van der Waals surface area contributed by atoms with Crippen LogP contribution in [0.3, 0.4) is 0 Å². The molecule has 0 aromatic heterocycles. The molecule has 0 saturated carbocycles. The predicted molar refractivity (Wildman–Crippen MR) is 99.7 cm³/mol. The molecule has 2 rings (SSSR count). The number of nitriles is 1. The molecule has 0 aliphatic heterocycles. The SMILES string of the molecule is CSC(=Nc1ccc(C(=O)Nc2cc(C)cc(C)c2)cc1)NC#N. The minimum Gasteiger partial charge on any atom is -0.322 e. The van der Waals surface area contributed by atoms with Crippen molar-refractivity contribution in [1.29, 1.82) is 5.26 Å². The molecule has 0 bridgehead atoms. The van der Waals surface area contributed by atoms with Crippen LogP contribution in [0.15, 0.2) is 47.5 Å². The Morgan fingerprint density at radius 1 is 1.12 bits per heavy atom. The molecule has 0 atom stereocenters. The quantitative estimate of drug-likeness (QED) is 0.384. The fourth-order valence-electron chi connectivity index (χ4n) is 2.23. The van der Waals surface area contributed by atoms with Crippen molar-refractivity contribution in [2.24, 2.45) is 4.99 Å². The summed E-state index contributed by atoms with van der Waals surface area (Å²) in [5.74, 6) is -0.171. The first-order chi connectivity index (χ1) is 11.5. The lowest BCUT2D eigenvalue weighted by Crippen LogP contribution is -2.13. The van der Waals surface area contributed by atoms with E-state index in [1.54, 1.807) is 24.3 Å². The number of rotatable bonds is 3. The number of aliphatic imine (C=N–C) groups is 1. The number of carbonyl (C=O) groups is 1. The number of aryl methyl sites for hydroxylation is 2. The van der Waals surface area contributed by atoms with E-state index in [1.807, 2.05) is 38.4 Å². The Hall–Kier alpha value is -2.78. The zero-order valence-electron chi connectivity index (χ0n) is 13.8. The van der Waals surface area contributed by atoms with Crippen LogP contribution < -0.4 is 10.6 Å². The first-order valence-electron chi connectivity index (χ1n) is 7.29. The topological polar surface area (TPSA) is 77.3 Å². The van der Waals surface area contributed by atoms with Crippen molar-refractivity contribution in [2.45, 2.75) is 13.8 Å². The summed E-state index contributed by atoms with van der Waals surface area (Å²) in [6.45, 7) is 3.99. The molecule has 2 aromatic carbocycles. The second kappa shape index (κ2) is 8.18. The van der Waals surface area contributed by atoms with E-state index in [0.29, 0.717) is 16.4 Å². The highest BCUT2D eigenvalue weighted by molar-refractivity contribution is 8.13. The van der Waals surface area contributed by atoms with E-state index >= 15 is 0 Å². The van der Waals surface area contributed by atoms with Crippen molar-refractivity contribution in [3.05, 3.63) is 59.2 Å². The highest BCUT2D eigenvalue weighted by atomic mass is 32.2. The summed E-state index contributed by atoms with van der Waals surface area (Å²) >= 11 is 1.34. The van der Waals surface area contributed by atoms with E-state index in [1.165, 1.54) is 11.8 Å². The number of carbonyl (C=O) groups excluding carboxylic acids is 1. The van der Waals surface area contributed by atoms with Gasteiger partial charge < -0.3 is 5.32 Å². The third-order valence-corrected chi connectivity index (χ3v) is 3.78. The third-order valence-electron chi connectivity index (χ3n) is 3.20. The lowest BCUT2D eigenvalue weighted by molar-refractivity contribution is 0.102. The number of anilines is 1. The molecule has 122 valence electrons. The molecule has 0 unspecified atom stereocenters. The molecule has 0 aliphatic rings. The molecule has 5 nitrogen and oxygen atoms in total. The Kier molecular flexibility index (Phi) is 5.99. The van der Waals surface area contributed by atoms with Crippen molar-refractivity contribution in [1.82, 2.24) is 5.32 Å². The molecule has 0 radical (unpaired) electrons. The fraction of sp³-hybridized carbons (Fsp3) is 0.167. The van der Waals surface area contributed by atoms with E-state index in [4.69, 9.17) is 5.26 Å². The van der Waals surface area contributed by atoms with E-state index in [2.05, 4.69) is 21.7 Å². The van der Waals surface area contributed by atoms with Crippen LogP contribution in [0.4, 0.5) is 11.4 Å². The number of hydrogen-bond donors (Lipinski definition) is 2. The molecule has 0 fully saturated rings. The van der Waals surface area contributed by atoms with Gasteiger partial charge in [0.25, 0.3) is 5.91 Å². The molecule has 2 aromatic rings. The Bertz CT molecular complexity index is 787. The lowest BCUT2D eigenvalue weighted by Gasteiger charge is -2.08. The van der Waals surface area contributed by atoms with Gasteiger partial charge >= 0.3 is 0 Å². The Morgan fingerprint density at radius 3 is 2.29 bits per heavy atom. The Balaban J connectivity index is 2.12. The molecule has 6 heteroatoms. The zero-order chi connectivity index (χ0) is 17.5. The van der Waals surface area contributed by atoms with Gasteiger partial charge in [0.2, 0.25) is 0 Å². The van der Waals surface area contributed by atoms with Crippen LogP contribution in [-0.2, 0) is 0 Å². The average molecular weight is 338 g/mol. The van der Waals surface area contributed by atoms with Crippen LogP contribution >= 0.6 is 11.8 Å². The summed E-state index contributed by atoms with van der Waals surface area (Å²) in [6, 6.07) is 12.8. The van der Waals surface area contributed by atoms with Crippen LogP contribution in [0.1, 0.15) is 21.5 Å². The largest absolute Gasteiger partial charge is 0.322 e. The standard InChI is InChI=1S/C18H18N4OS/c1-12-8-13(2)10-16(9-12)21-17(23)14-4-6-15(7-5-14)22-18(24-3)20-11-19/h4-10H,1-3H3,(H,20,22)(H,21,23). The second-order valence-electron chi connectivity index (χ2n) is 5.24. The molecule has 0 spiro atoms. The first kappa shape index (κ1) is 17.6. The van der Waals surface area contributed by atoms with Gasteiger partial charge in [-0.1, -0.05) is 17.8 Å². The van der Waals surface area contributed by atoms with Gasteiger partial charge in [-0.3, -0.25) is 10.1 Å². The van der Waals surface area contributed by atoms with Crippen molar-refractivity contribution in [2.75, 3.05) is 11.6 Å². The average Bonchev–Trinajstić information content (AvgIpc) is 2.54. The van der Waals surface area contributed by atoms with Crippen molar-refractivity contribution < 1.29 is 4.79 Å². The predicted octanol–water partition coefficient (Wildman–Crippen LogP) is 3.98. The lowest BCUT2D eigenvalue weighted by atomic mass is 10.1. The van der Waals surface area contributed by atoms with E-state index in [9.17, 15) is 4.79 Å². The number of thioether (sulfide) groups is 1. The van der Waals surface area contributed by atoms with Crippen LogP contribution in [0.2, 0.25) is 0 Å². The maximum Gasteiger partial charge on any atom is 0.255 e. The van der Waals surface area contributed by atoms with Crippen molar-refractivity contribution >= 4 is 34.2 Å². The van der Waals surface area contributed by atoms with Gasteiger partial charge in [0.1, 0.15) is 0 Å². The zero-order valence-corrected chi connectivity index (χ0v) is 14.6. The van der Waals surface area contributed by atoms with Crippen LogP contribution in [0.25, 0.3) is 0 Å². The van der Waals surface area contributed by atoms with Gasteiger partial charge in [-0.2, -0.15) is 5.26 Å². The van der Waals surface area contributed by atoms with E-state index in [0.717, 1.165) is 16.8 Å². The fourth-order valence-corrected chi connectivity index (χ4v) is 2.57. The Morgan fingerprint density at radius 2 is 1.75 bits per heavy atom. The number of nitrogens with zero attached hydrogens (tertiary/aromatic N) is 2. The third kappa shape index (κ3) is 4.86. The molecule has 0 saturated heterocycles.